The highest BCUT2D eigenvalue weighted by Crippen LogP contribution is 2.50. The van der Waals surface area contributed by atoms with Crippen molar-refractivity contribution in [1.29, 1.82) is 0 Å². The van der Waals surface area contributed by atoms with Crippen LogP contribution in [0.5, 0.6) is 5.75 Å². The Morgan fingerprint density at radius 2 is 1.81 bits per heavy atom. The summed E-state index contributed by atoms with van der Waals surface area (Å²) in [4.78, 5) is 14.2. The number of piperidine rings is 1. The molecule has 0 unspecified atom stereocenters. The molecule has 6 heteroatoms. The lowest BCUT2D eigenvalue weighted by Crippen LogP contribution is -2.70. The van der Waals surface area contributed by atoms with Crippen molar-refractivity contribution in [3.8, 4) is 5.75 Å². The Balaban J connectivity index is 1.93. The Hall–Kier alpha value is -1.79. The molecule has 26 heavy (non-hydrogen) atoms. The SMILES string of the molecule is COc1cccc(CN2C(=O)OC3(CC(C)(C)NC(C)(C)C3)[C@]2(C)O)c1. The van der Waals surface area contributed by atoms with Gasteiger partial charge >= 0.3 is 6.09 Å². The topological polar surface area (TPSA) is 71.0 Å². The number of carbonyl (C=O) groups excluding carboxylic acids is 1. The zero-order chi connectivity index (χ0) is 19.4. The number of benzene rings is 1. The van der Waals surface area contributed by atoms with Gasteiger partial charge in [-0.2, -0.15) is 0 Å². The number of aliphatic hydroxyl groups is 1. The van der Waals surface area contributed by atoms with Crippen molar-refractivity contribution < 1.29 is 19.4 Å². The quantitative estimate of drug-likeness (QED) is 0.865. The fourth-order valence-electron chi connectivity index (χ4n) is 4.82. The number of hydrogen-bond acceptors (Lipinski definition) is 5. The Kier molecular flexibility index (Phi) is 4.28. The first kappa shape index (κ1) is 19.0. The van der Waals surface area contributed by atoms with Gasteiger partial charge < -0.3 is 19.9 Å². The van der Waals surface area contributed by atoms with Crippen LogP contribution in [0.4, 0.5) is 4.79 Å². The van der Waals surface area contributed by atoms with Crippen molar-refractivity contribution in [3.63, 3.8) is 0 Å². The van der Waals surface area contributed by atoms with E-state index in [9.17, 15) is 9.90 Å². The second-order valence-corrected chi connectivity index (χ2v) is 9.07. The predicted octanol–water partition coefficient (Wildman–Crippen LogP) is 3.04. The first-order valence-electron chi connectivity index (χ1n) is 9.05. The molecule has 2 N–H and O–H groups in total. The van der Waals surface area contributed by atoms with E-state index in [0.717, 1.165) is 5.56 Å². The van der Waals surface area contributed by atoms with Gasteiger partial charge in [-0.15, -0.1) is 0 Å². The van der Waals surface area contributed by atoms with Gasteiger partial charge in [-0.05, 0) is 52.3 Å². The molecular weight excluding hydrogens is 332 g/mol. The van der Waals surface area contributed by atoms with Crippen LogP contribution in [0.15, 0.2) is 24.3 Å². The Bertz CT molecular complexity index is 696. The van der Waals surface area contributed by atoms with E-state index in [1.807, 2.05) is 24.3 Å². The van der Waals surface area contributed by atoms with Gasteiger partial charge in [-0.3, -0.25) is 4.90 Å². The summed E-state index contributed by atoms with van der Waals surface area (Å²) < 4.78 is 11.1. The van der Waals surface area contributed by atoms with Gasteiger partial charge in [0.1, 0.15) is 5.75 Å². The summed E-state index contributed by atoms with van der Waals surface area (Å²) in [5.74, 6) is 0.716. The van der Waals surface area contributed by atoms with Crippen molar-refractivity contribution in [2.45, 2.75) is 76.4 Å². The monoisotopic (exact) mass is 362 g/mol. The number of amides is 1. The summed E-state index contributed by atoms with van der Waals surface area (Å²) in [5, 5.41) is 15.1. The van der Waals surface area contributed by atoms with Gasteiger partial charge in [-0.25, -0.2) is 4.79 Å². The molecule has 2 aliphatic heterocycles. The number of rotatable bonds is 3. The van der Waals surface area contributed by atoms with Crippen molar-refractivity contribution in [3.05, 3.63) is 29.8 Å². The normalized spacial score (nSPS) is 28.9. The van der Waals surface area contributed by atoms with Gasteiger partial charge in [0.25, 0.3) is 0 Å². The number of ether oxygens (including phenoxy) is 2. The summed E-state index contributed by atoms with van der Waals surface area (Å²) in [6.45, 7) is 10.2. The first-order valence-corrected chi connectivity index (χ1v) is 9.05. The number of nitrogens with zero attached hydrogens (tertiary/aromatic N) is 1. The molecule has 2 aliphatic rings. The maximum Gasteiger partial charge on any atom is 0.413 e. The minimum absolute atomic E-state index is 0.263. The van der Waals surface area contributed by atoms with Crippen molar-refractivity contribution in [1.82, 2.24) is 10.2 Å². The molecule has 0 aliphatic carbocycles. The van der Waals surface area contributed by atoms with E-state index < -0.39 is 17.4 Å². The third-order valence-electron chi connectivity index (χ3n) is 5.50. The van der Waals surface area contributed by atoms with Crippen molar-refractivity contribution >= 4 is 6.09 Å². The second-order valence-electron chi connectivity index (χ2n) is 9.07. The average molecular weight is 362 g/mol. The van der Waals surface area contributed by atoms with Crippen LogP contribution in [-0.4, -0.2) is 45.6 Å². The summed E-state index contributed by atoms with van der Waals surface area (Å²) in [6, 6.07) is 7.50. The lowest BCUT2D eigenvalue weighted by molar-refractivity contribution is -0.182. The van der Waals surface area contributed by atoms with E-state index in [-0.39, 0.29) is 17.6 Å². The van der Waals surface area contributed by atoms with E-state index in [2.05, 4.69) is 33.0 Å². The van der Waals surface area contributed by atoms with Crippen LogP contribution in [0, 0.1) is 0 Å². The first-order chi connectivity index (χ1) is 11.9. The number of nitrogens with one attached hydrogen (secondary N) is 1. The van der Waals surface area contributed by atoms with Gasteiger partial charge in [0.15, 0.2) is 11.3 Å². The summed E-state index contributed by atoms with van der Waals surface area (Å²) in [6.07, 6.45) is 0.597. The standard InChI is InChI=1S/C20H30N2O4/c1-17(2)12-20(13-18(3,4)21-17)19(5,24)22(16(23)26-20)11-14-8-7-9-15(10-14)25-6/h7-10,21,24H,11-13H2,1-6H3/t19-/m0/s1. The minimum atomic E-state index is -1.41. The molecule has 2 saturated heterocycles. The van der Waals surface area contributed by atoms with Crippen LogP contribution in [-0.2, 0) is 11.3 Å². The largest absolute Gasteiger partial charge is 0.497 e. The van der Waals surface area contributed by atoms with Crippen LogP contribution in [0.3, 0.4) is 0 Å². The molecular formula is C20H30N2O4. The van der Waals surface area contributed by atoms with E-state index >= 15 is 0 Å². The van der Waals surface area contributed by atoms with E-state index in [1.54, 1.807) is 14.0 Å². The highest BCUT2D eigenvalue weighted by Gasteiger charge is 2.66. The molecule has 0 aromatic heterocycles. The van der Waals surface area contributed by atoms with Crippen LogP contribution < -0.4 is 10.1 Å². The lowest BCUT2D eigenvalue weighted by Gasteiger charge is -2.54. The summed E-state index contributed by atoms with van der Waals surface area (Å²) in [7, 11) is 1.60. The Morgan fingerprint density at radius 1 is 1.19 bits per heavy atom. The van der Waals surface area contributed by atoms with Crippen LogP contribution in [0.2, 0.25) is 0 Å². The Morgan fingerprint density at radius 3 is 2.38 bits per heavy atom. The maximum atomic E-state index is 12.7. The number of methoxy groups -OCH3 is 1. The number of carbonyl (C=O) groups is 1. The summed E-state index contributed by atoms with van der Waals surface area (Å²) >= 11 is 0. The molecule has 1 aromatic carbocycles. The third-order valence-corrected chi connectivity index (χ3v) is 5.50. The highest BCUT2D eigenvalue weighted by atomic mass is 16.6. The van der Waals surface area contributed by atoms with Crippen molar-refractivity contribution in [2.75, 3.05) is 7.11 Å². The zero-order valence-corrected chi connectivity index (χ0v) is 16.5. The smallest absolute Gasteiger partial charge is 0.413 e. The predicted molar refractivity (Wildman–Crippen MR) is 98.9 cm³/mol. The number of hydrogen-bond donors (Lipinski definition) is 2. The Labute approximate surface area is 155 Å². The van der Waals surface area contributed by atoms with Gasteiger partial charge in [0.05, 0.1) is 13.7 Å². The van der Waals surface area contributed by atoms with E-state index in [4.69, 9.17) is 9.47 Å². The maximum absolute atomic E-state index is 12.7. The average Bonchev–Trinajstić information content (AvgIpc) is 2.64. The molecule has 0 radical (unpaired) electrons. The molecule has 144 valence electrons. The molecule has 1 spiro atoms. The molecule has 2 heterocycles. The van der Waals surface area contributed by atoms with Crippen molar-refractivity contribution in [2.24, 2.45) is 0 Å². The molecule has 2 fully saturated rings. The van der Waals surface area contributed by atoms with Gasteiger partial charge in [0.2, 0.25) is 0 Å². The van der Waals surface area contributed by atoms with Crippen LogP contribution >= 0.6 is 0 Å². The molecule has 0 bridgehead atoms. The molecule has 6 nitrogen and oxygen atoms in total. The minimum Gasteiger partial charge on any atom is -0.497 e. The molecule has 1 aromatic rings. The van der Waals surface area contributed by atoms with Crippen LogP contribution in [0.1, 0.15) is 53.0 Å². The highest BCUT2D eigenvalue weighted by molar-refractivity contribution is 5.72. The lowest BCUT2D eigenvalue weighted by atomic mass is 9.68. The second kappa shape index (κ2) is 5.86. The summed E-state index contributed by atoms with van der Waals surface area (Å²) in [5.41, 5.74) is -2.02. The molecule has 0 saturated carbocycles. The molecule has 1 atom stereocenters. The fourth-order valence-corrected chi connectivity index (χ4v) is 4.82. The van der Waals surface area contributed by atoms with Crippen LogP contribution in [0.25, 0.3) is 0 Å². The fraction of sp³-hybridized carbons (Fsp3) is 0.650. The molecule has 3 rings (SSSR count). The van der Waals surface area contributed by atoms with Gasteiger partial charge in [-0.1, -0.05) is 12.1 Å². The zero-order valence-electron chi connectivity index (χ0n) is 16.5. The third kappa shape index (κ3) is 3.16. The van der Waals surface area contributed by atoms with E-state index in [0.29, 0.717) is 18.6 Å². The van der Waals surface area contributed by atoms with Gasteiger partial charge in [0, 0.05) is 23.9 Å². The molecule has 1 amide bonds. The van der Waals surface area contributed by atoms with E-state index in [1.165, 1.54) is 4.90 Å².